The minimum Gasteiger partial charge on any atom is -0.453 e. The van der Waals surface area contributed by atoms with E-state index in [1.165, 1.54) is 19.2 Å². The molecule has 2 amide bonds. The van der Waals surface area contributed by atoms with Crippen LogP contribution in [0.2, 0.25) is 0 Å². The number of nitrogens with zero attached hydrogens (tertiary/aromatic N) is 2. The van der Waals surface area contributed by atoms with E-state index in [-0.39, 0.29) is 17.9 Å². The molecule has 3 unspecified atom stereocenters. The quantitative estimate of drug-likeness (QED) is 0.831. The van der Waals surface area contributed by atoms with E-state index in [9.17, 15) is 9.59 Å². The van der Waals surface area contributed by atoms with Crippen LogP contribution >= 0.6 is 0 Å². The normalized spacial score (nSPS) is 29.0. The third-order valence-corrected chi connectivity index (χ3v) is 5.76. The minimum absolute atomic E-state index is 0.00510. The maximum atomic E-state index is 13.3. The standard InChI is InChI=1S/C20H31N3O3/c1-5-14-8-6-7-9-15(21-14)17-11-13-10-16(13)23(17)19(24)18(12(2)3)22-20(25)26-4/h12-13,16,18H,5-11H2,1-4H3,(H,22,25)/b17-15+. The molecule has 0 spiro atoms. The number of aliphatic imine (C=N–C) groups is 1. The van der Waals surface area contributed by atoms with Crippen LogP contribution < -0.4 is 5.32 Å². The second-order valence-electron chi connectivity index (χ2n) is 7.97. The van der Waals surface area contributed by atoms with Crippen LogP contribution in [0.15, 0.2) is 16.4 Å². The van der Waals surface area contributed by atoms with Gasteiger partial charge in [-0.2, -0.15) is 0 Å². The summed E-state index contributed by atoms with van der Waals surface area (Å²) in [5.41, 5.74) is 3.44. The first-order chi connectivity index (χ1) is 12.5. The molecule has 0 aromatic carbocycles. The Bertz CT molecular complexity index is 638. The molecule has 1 saturated carbocycles. The summed E-state index contributed by atoms with van der Waals surface area (Å²) in [6, 6.07) is -0.285. The van der Waals surface area contributed by atoms with Crippen molar-refractivity contribution >= 4 is 17.7 Å². The zero-order chi connectivity index (χ0) is 18.8. The smallest absolute Gasteiger partial charge is 0.407 e. The molecule has 0 aromatic rings. The molecule has 3 aliphatic rings. The Balaban J connectivity index is 1.90. The van der Waals surface area contributed by atoms with Gasteiger partial charge in [-0.25, -0.2) is 4.79 Å². The minimum atomic E-state index is -0.571. The van der Waals surface area contributed by atoms with E-state index < -0.39 is 12.1 Å². The van der Waals surface area contributed by atoms with E-state index in [0.29, 0.717) is 5.92 Å². The van der Waals surface area contributed by atoms with Crippen LogP contribution in [0.1, 0.15) is 65.7 Å². The Morgan fingerprint density at radius 3 is 2.69 bits per heavy atom. The Kier molecular flexibility index (Phi) is 5.68. The van der Waals surface area contributed by atoms with Crippen molar-refractivity contribution < 1.29 is 14.3 Å². The Labute approximate surface area is 156 Å². The zero-order valence-corrected chi connectivity index (χ0v) is 16.4. The Hall–Kier alpha value is -1.85. The van der Waals surface area contributed by atoms with Crippen molar-refractivity contribution in [1.29, 1.82) is 0 Å². The van der Waals surface area contributed by atoms with Gasteiger partial charge in [0.2, 0.25) is 5.91 Å². The molecule has 6 heteroatoms. The lowest BCUT2D eigenvalue weighted by Crippen LogP contribution is -2.51. The van der Waals surface area contributed by atoms with E-state index in [1.807, 2.05) is 18.7 Å². The van der Waals surface area contributed by atoms with Crippen molar-refractivity contribution in [1.82, 2.24) is 10.2 Å². The Morgan fingerprint density at radius 2 is 2.04 bits per heavy atom. The number of alkyl carbamates (subject to hydrolysis) is 1. The molecule has 2 aliphatic heterocycles. The first-order valence-corrected chi connectivity index (χ1v) is 9.92. The van der Waals surface area contributed by atoms with Crippen molar-refractivity contribution in [2.75, 3.05) is 7.11 Å². The van der Waals surface area contributed by atoms with Gasteiger partial charge in [-0.1, -0.05) is 20.8 Å². The SMILES string of the molecule is CCC1=N/C(=C2\CC3CC3N2C(=O)C(NC(=O)OC)C(C)C)CCCC1. The number of piperidine rings is 1. The van der Waals surface area contributed by atoms with Crippen LogP contribution in [0.5, 0.6) is 0 Å². The van der Waals surface area contributed by atoms with Gasteiger partial charge in [-0.15, -0.1) is 0 Å². The summed E-state index contributed by atoms with van der Waals surface area (Å²) in [4.78, 5) is 31.9. The average molecular weight is 361 g/mol. The average Bonchev–Trinajstić information content (AvgIpc) is 3.35. The highest BCUT2D eigenvalue weighted by Gasteiger charge is 2.54. The number of allylic oxidation sites excluding steroid dienone is 2. The van der Waals surface area contributed by atoms with Gasteiger partial charge in [0.15, 0.2) is 0 Å². The number of ether oxygens (including phenoxy) is 1. The molecule has 2 fully saturated rings. The number of methoxy groups -OCH3 is 1. The lowest BCUT2D eigenvalue weighted by atomic mass is 10.0. The largest absolute Gasteiger partial charge is 0.453 e. The number of nitrogens with one attached hydrogen (secondary N) is 1. The monoisotopic (exact) mass is 361 g/mol. The maximum Gasteiger partial charge on any atom is 0.407 e. The first-order valence-electron chi connectivity index (χ1n) is 9.92. The predicted molar refractivity (Wildman–Crippen MR) is 101 cm³/mol. The van der Waals surface area contributed by atoms with Gasteiger partial charge in [0.25, 0.3) is 0 Å². The lowest BCUT2D eigenvalue weighted by Gasteiger charge is -2.29. The first kappa shape index (κ1) is 18.9. The highest BCUT2D eigenvalue weighted by molar-refractivity contribution is 5.89. The summed E-state index contributed by atoms with van der Waals surface area (Å²) in [6.07, 6.45) is 6.71. The van der Waals surface area contributed by atoms with Crippen LogP contribution in [0.4, 0.5) is 4.79 Å². The number of carbonyl (C=O) groups excluding carboxylic acids is 2. The van der Waals surface area contributed by atoms with Gasteiger partial charge in [0.1, 0.15) is 6.04 Å². The number of hydrogen-bond acceptors (Lipinski definition) is 4. The number of hydrogen-bond donors (Lipinski definition) is 1. The van der Waals surface area contributed by atoms with Crippen LogP contribution in [-0.4, -0.2) is 41.8 Å². The maximum absolute atomic E-state index is 13.3. The summed E-state index contributed by atoms with van der Waals surface area (Å²) in [5, 5.41) is 2.73. The third kappa shape index (κ3) is 3.79. The second kappa shape index (κ2) is 7.80. The van der Waals surface area contributed by atoms with E-state index in [1.54, 1.807) is 0 Å². The Morgan fingerprint density at radius 1 is 1.31 bits per heavy atom. The van der Waals surface area contributed by atoms with Crippen molar-refractivity contribution in [2.45, 2.75) is 77.8 Å². The van der Waals surface area contributed by atoms with Crippen LogP contribution in [0.3, 0.4) is 0 Å². The highest BCUT2D eigenvalue weighted by atomic mass is 16.5. The molecule has 0 aromatic heterocycles. The molecule has 1 aliphatic carbocycles. The fourth-order valence-electron chi connectivity index (χ4n) is 4.11. The zero-order valence-electron chi connectivity index (χ0n) is 16.4. The summed E-state index contributed by atoms with van der Waals surface area (Å²) >= 11 is 0. The number of fused-ring (bicyclic) bond motifs is 1. The highest BCUT2D eigenvalue weighted by Crippen LogP contribution is 2.51. The summed E-state index contributed by atoms with van der Waals surface area (Å²) in [6.45, 7) is 6.05. The molecule has 6 nitrogen and oxygen atoms in total. The fraction of sp³-hybridized carbons (Fsp3) is 0.750. The molecule has 0 bridgehead atoms. The topological polar surface area (TPSA) is 71.0 Å². The van der Waals surface area contributed by atoms with Crippen molar-refractivity contribution in [3.63, 3.8) is 0 Å². The van der Waals surface area contributed by atoms with Gasteiger partial charge in [0, 0.05) is 17.5 Å². The number of likely N-dealkylation sites (tertiary alicyclic amines) is 1. The van der Waals surface area contributed by atoms with Gasteiger partial charge >= 0.3 is 6.09 Å². The van der Waals surface area contributed by atoms with Crippen molar-refractivity contribution in [3.05, 3.63) is 11.4 Å². The molecule has 0 radical (unpaired) electrons. The number of rotatable bonds is 4. The number of amides is 2. The third-order valence-electron chi connectivity index (χ3n) is 5.76. The van der Waals surface area contributed by atoms with E-state index in [0.717, 1.165) is 49.9 Å². The molecule has 1 N–H and O–H groups in total. The predicted octanol–water partition coefficient (Wildman–Crippen LogP) is 3.62. The van der Waals surface area contributed by atoms with Crippen LogP contribution in [0.25, 0.3) is 0 Å². The second-order valence-corrected chi connectivity index (χ2v) is 7.97. The fourth-order valence-corrected chi connectivity index (χ4v) is 4.11. The summed E-state index contributed by atoms with van der Waals surface area (Å²) in [5.74, 6) is 0.542. The molecule has 144 valence electrons. The van der Waals surface area contributed by atoms with E-state index in [4.69, 9.17) is 9.73 Å². The summed E-state index contributed by atoms with van der Waals surface area (Å²) in [7, 11) is 1.32. The van der Waals surface area contributed by atoms with Crippen molar-refractivity contribution in [3.8, 4) is 0 Å². The van der Waals surface area contributed by atoms with Crippen LogP contribution in [-0.2, 0) is 9.53 Å². The van der Waals surface area contributed by atoms with E-state index >= 15 is 0 Å². The number of carbonyl (C=O) groups is 2. The lowest BCUT2D eigenvalue weighted by molar-refractivity contribution is -0.132. The molecule has 2 heterocycles. The van der Waals surface area contributed by atoms with Gasteiger partial charge in [-0.3, -0.25) is 9.79 Å². The molecular weight excluding hydrogens is 330 g/mol. The summed E-state index contributed by atoms with van der Waals surface area (Å²) < 4.78 is 4.71. The van der Waals surface area contributed by atoms with Crippen LogP contribution in [0, 0.1) is 11.8 Å². The molecule has 1 saturated heterocycles. The molecule has 3 atom stereocenters. The van der Waals surface area contributed by atoms with Gasteiger partial charge < -0.3 is 15.0 Å². The molecular formula is C20H31N3O3. The van der Waals surface area contributed by atoms with Gasteiger partial charge in [-0.05, 0) is 56.8 Å². The van der Waals surface area contributed by atoms with Gasteiger partial charge in [0.05, 0.1) is 12.8 Å². The molecule has 3 rings (SSSR count). The molecule has 26 heavy (non-hydrogen) atoms. The van der Waals surface area contributed by atoms with E-state index in [2.05, 4.69) is 12.2 Å². The van der Waals surface area contributed by atoms with Crippen molar-refractivity contribution in [2.24, 2.45) is 16.8 Å².